The van der Waals surface area contributed by atoms with Crippen molar-refractivity contribution < 1.29 is 9.53 Å². The second-order valence-corrected chi connectivity index (χ2v) is 7.20. The molecule has 7 heteroatoms. The number of hydrogen-bond donors (Lipinski definition) is 1. The van der Waals surface area contributed by atoms with E-state index >= 15 is 0 Å². The smallest absolute Gasteiger partial charge is 0.251 e. The molecule has 0 atom stereocenters. The van der Waals surface area contributed by atoms with Crippen LogP contribution in [0.4, 0.5) is 0 Å². The number of hydrogen-bond acceptors (Lipinski definition) is 3. The number of halogens is 2. The summed E-state index contributed by atoms with van der Waals surface area (Å²) in [4.78, 5) is 12.5. The molecule has 5 nitrogen and oxygen atoms in total. The van der Waals surface area contributed by atoms with Crippen LogP contribution in [0.2, 0.25) is 5.02 Å². The number of ether oxygens (including phenoxy) is 1. The molecule has 1 aromatic heterocycles. The van der Waals surface area contributed by atoms with Gasteiger partial charge in [0.1, 0.15) is 12.4 Å². The predicted molar refractivity (Wildman–Crippen MR) is 109 cm³/mol. The van der Waals surface area contributed by atoms with Crippen molar-refractivity contribution in [1.29, 1.82) is 0 Å². The van der Waals surface area contributed by atoms with Crippen LogP contribution in [0, 0.1) is 0 Å². The fraction of sp³-hybridized carbons (Fsp3) is 0.200. The minimum absolute atomic E-state index is 0.166. The molecule has 0 saturated carbocycles. The summed E-state index contributed by atoms with van der Waals surface area (Å²) in [5, 5.41) is 7.62. The van der Waals surface area contributed by atoms with Gasteiger partial charge in [-0.2, -0.15) is 5.10 Å². The van der Waals surface area contributed by atoms with E-state index in [0.29, 0.717) is 30.3 Å². The first-order chi connectivity index (χ1) is 13.1. The van der Waals surface area contributed by atoms with Crippen LogP contribution in [0.3, 0.4) is 0 Å². The van der Waals surface area contributed by atoms with Gasteiger partial charge in [-0.1, -0.05) is 39.7 Å². The highest BCUT2D eigenvalue weighted by atomic mass is 79.9. The van der Waals surface area contributed by atoms with Crippen LogP contribution in [0.25, 0.3) is 0 Å². The van der Waals surface area contributed by atoms with Gasteiger partial charge in [-0.05, 0) is 48.9 Å². The molecule has 1 N–H and O–H groups in total. The fourth-order valence-corrected chi connectivity index (χ4v) is 3.07. The van der Waals surface area contributed by atoms with Crippen LogP contribution in [-0.2, 0) is 19.7 Å². The SMILES string of the molecule is CCn1ncc(Cl)c1CNC(=O)c1cccc(COc2ccc(Br)cc2)c1. The van der Waals surface area contributed by atoms with Gasteiger partial charge in [0.25, 0.3) is 5.91 Å². The summed E-state index contributed by atoms with van der Waals surface area (Å²) in [6.07, 6.45) is 1.59. The number of aryl methyl sites for hydroxylation is 1. The summed E-state index contributed by atoms with van der Waals surface area (Å²) >= 11 is 9.53. The Morgan fingerprint density at radius 3 is 2.78 bits per heavy atom. The van der Waals surface area contributed by atoms with Gasteiger partial charge in [0.2, 0.25) is 0 Å². The van der Waals surface area contributed by atoms with E-state index in [-0.39, 0.29) is 5.91 Å². The Morgan fingerprint density at radius 2 is 2.04 bits per heavy atom. The minimum atomic E-state index is -0.166. The summed E-state index contributed by atoms with van der Waals surface area (Å²) in [6, 6.07) is 15.0. The third kappa shape index (κ3) is 5.11. The topological polar surface area (TPSA) is 56.2 Å². The maximum Gasteiger partial charge on any atom is 0.251 e. The minimum Gasteiger partial charge on any atom is -0.489 e. The number of carbonyl (C=O) groups excluding carboxylic acids is 1. The molecule has 0 aliphatic carbocycles. The first-order valence-corrected chi connectivity index (χ1v) is 9.69. The highest BCUT2D eigenvalue weighted by Crippen LogP contribution is 2.18. The quantitative estimate of drug-likeness (QED) is 0.563. The average Bonchev–Trinajstić information content (AvgIpc) is 3.05. The van der Waals surface area contributed by atoms with Crippen LogP contribution in [-0.4, -0.2) is 15.7 Å². The van der Waals surface area contributed by atoms with Gasteiger partial charge in [0, 0.05) is 16.6 Å². The number of amides is 1. The molecule has 3 aromatic rings. The highest BCUT2D eigenvalue weighted by Gasteiger charge is 2.11. The van der Waals surface area contributed by atoms with Gasteiger partial charge < -0.3 is 10.1 Å². The van der Waals surface area contributed by atoms with Crippen LogP contribution in [0.5, 0.6) is 5.75 Å². The van der Waals surface area contributed by atoms with E-state index in [1.165, 1.54) is 0 Å². The molecule has 1 amide bonds. The molecular weight excluding hydrogens is 430 g/mol. The Bertz CT molecular complexity index is 925. The Labute approximate surface area is 171 Å². The second kappa shape index (κ2) is 9.06. The highest BCUT2D eigenvalue weighted by molar-refractivity contribution is 9.10. The second-order valence-electron chi connectivity index (χ2n) is 5.88. The summed E-state index contributed by atoms with van der Waals surface area (Å²) < 4.78 is 8.53. The van der Waals surface area contributed by atoms with Gasteiger partial charge >= 0.3 is 0 Å². The molecule has 1 heterocycles. The number of nitrogens with one attached hydrogen (secondary N) is 1. The van der Waals surface area contributed by atoms with Crippen molar-refractivity contribution in [2.24, 2.45) is 0 Å². The molecule has 0 unspecified atom stereocenters. The lowest BCUT2D eigenvalue weighted by Gasteiger charge is -2.10. The van der Waals surface area contributed by atoms with E-state index in [2.05, 4.69) is 26.3 Å². The largest absolute Gasteiger partial charge is 0.489 e. The van der Waals surface area contributed by atoms with Crippen LogP contribution >= 0.6 is 27.5 Å². The molecule has 0 spiro atoms. The number of aromatic nitrogens is 2. The van der Waals surface area contributed by atoms with Crippen molar-refractivity contribution in [1.82, 2.24) is 15.1 Å². The van der Waals surface area contributed by atoms with Crippen molar-refractivity contribution in [2.45, 2.75) is 26.6 Å². The van der Waals surface area contributed by atoms with E-state index in [1.807, 2.05) is 49.4 Å². The van der Waals surface area contributed by atoms with E-state index in [9.17, 15) is 4.79 Å². The summed E-state index contributed by atoms with van der Waals surface area (Å²) in [6.45, 7) is 3.38. The molecule has 3 rings (SSSR count). The normalized spacial score (nSPS) is 10.6. The van der Waals surface area contributed by atoms with E-state index < -0.39 is 0 Å². The first kappa shape index (κ1) is 19.5. The Morgan fingerprint density at radius 1 is 1.26 bits per heavy atom. The number of carbonyl (C=O) groups is 1. The monoisotopic (exact) mass is 447 g/mol. The molecule has 0 aliphatic rings. The molecule has 27 heavy (non-hydrogen) atoms. The predicted octanol–water partition coefficient (Wildman–Crippen LogP) is 4.83. The van der Waals surface area contributed by atoms with Crippen LogP contribution in [0.15, 0.2) is 59.2 Å². The Balaban J connectivity index is 1.61. The van der Waals surface area contributed by atoms with Gasteiger partial charge in [-0.3, -0.25) is 9.48 Å². The third-order valence-corrected chi connectivity index (χ3v) is 4.87. The summed E-state index contributed by atoms with van der Waals surface area (Å²) in [7, 11) is 0. The number of benzene rings is 2. The Hall–Kier alpha value is -2.31. The van der Waals surface area contributed by atoms with Crippen LogP contribution < -0.4 is 10.1 Å². The van der Waals surface area contributed by atoms with Gasteiger partial charge in [-0.25, -0.2) is 0 Å². The van der Waals surface area contributed by atoms with E-state index in [1.54, 1.807) is 16.9 Å². The zero-order valence-corrected chi connectivity index (χ0v) is 17.1. The molecule has 0 radical (unpaired) electrons. The maximum atomic E-state index is 12.5. The standard InChI is InChI=1S/C20H19BrClN3O2/c1-2-25-19(18(22)11-24-25)12-23-20(26)15-5-3-4-14(10-15)13-27-17-8-6-16(21)7-9-17/h3-11H,2,12-13H2,1H3,(H,23,26). The van der Waals surface area contributed by atoms with E-state index in [0.717, 1.165) is 21.5 Å². The number of rotatable bonds is 7. The fourth-order valence-electron chi connectivity index (χ4n) is 2.60. The molecular formula is C20H19BrClN3O2. The van der Waals surface area contributed by atoms with Crippen molar-refractivity contribution in [3.8, 4) is 5.75 Å². The van der Waals surface area contributed by atoms with Crippen molar-refractivity contribution >= 4 is 33.4 Å². The van der Waals surface area contributed by atoms with Crippen LogP contribution in [0.1, 0.15) is 28.5 Å². The third-order valence-electron chi connectivity index (χ3n) is 4.02. The molecule has 2 aromatic carbocycles. The zero-order valence-electron chi connectivity index (χ0n) is 14.8. The Kier molecular flexibility index (Phi) is 6.53. The van der Waals surface area contributed by atoms with Crippen molar-refractivity contribution in [3.63, 3.8) is 0 Å². The van der Waals surface area contributed by atoms with Crippen molar-refractivity contribution in [3.05, 3.63) is 81.0 Å². The zero-order chi connectivity index (χ0) is 19.2. The summed E-state index contributed by atoms with van der Waals surface area (Å²) in [5.41, 5.74) is 2.29. The lowest BCUT2D eigenvalue weighted by Crippen LogP contribution is -2.24. The first-order valence-electron chi connectivity index (χ1n) is 8.52. The van der Waals surface area contributed by atoms with Gasteiger partial charge in [0.05, 0.1) is 23.5 Å². The molecule has 0 saturated heterocycles. The number of nitrogens with zero attached hydrogens (tertiary/aromatic N) is 2. The maximum absolute atomic E-state index is 12.5. The summed E-state index contributed by atoms with van der Waals surface area (Å²) in [5.74, 6) is 0.607. The lowest BCUT2D eigenvalue weighted by molar-refractivity contribution is 0.0949. The molecule has 0 fully saturated rings. The van der Waals surface area contributed by atoms with Crippen molar-refractivity contribution in [2.75, 3.05) is 0 Å². The molecule has 0 aliphatic heterocycles. The van der Waals surface area contributed by atoms with Gasteiger partial charge in [-0.15, -0.1) is 0 Å². The lowest BCUT2D eigenvalue weighted by atomic mass is 10.1. The average molecular weight is 449 g/mol. The van der Waals surface area contributed by atoms with E-state index in [4.69, 9.17) is 16.3 Å². The molecule has 0 bridgehead atoms. The van der Waals surface area contributed by atoms with Gasteiger partial charge in [0.15, 0.2) is 0 Å². The molecule has 140 valence electrons.